The van der Waals surface area contributed by atoms with Gasteiger partial charge in [-0.2, -0.15) is 0 Å². The summed E-state index contributed by atoms with van der Waals surface area (Å²) in [7, 11) is 2.81. The zero-order chi connectivity index (χ0) is 53.6. The number of rotatable bonds is 12. The Morgan fingerprint density at radius 3 is 0.269 bits per heavy atom. The van der Waals surface area contributed by atoms with E-state index in [-0.39, 0.29) is 15.1 Å². The molecule has 388 valence electrons. The van der Waals surface area contributed by atoms with Crippen LogP contribution in [0.1, 0.15) is 0 Å². The third kappa shape index (κ3) is 12.4. The summed E-state index contributed by atoms with van der Waals surface area (Å²) in [6.07, 6.45) is 0. The average molecular weight is 1190 g/mol. The number of hydrogen-bond donors (Lipinski definition) is 0. The van der Waals surface area contributed by atoms with Gasteiger partial charge in [-0.1, -0.05) is 0 Å². The molecule has 0 heterocycles. The first-order valence-corrected chi connectivity index (χ1v) is 36.7. The third-order valence-corrected chi connectivity index (χ3v) is 28.9. The monoisotopic (exact) mass is 1190 g/mol. The van der Waals surface area contributed by atoms with Crippen molar-refractivity contribution in [2.24, 2.45) is 0 Å². The van der Waals surface area contributed by atoms with Crippen LogP contribution in [-0.4, -0.2) is 0 Å². The van der Waals surface area contributed by atoms with Gasteiger partial charge in [0.25, 0.3) is 0 Å². The van der Waals surface area contributed by atoms with E-state index >= 15 is 0 Å². The van der Waals surface area contributed by atoms with E-state index in [0.717, 1.165) is 0 Å². The topological polar surface area (TPSA) is 0 Å². The second-order valence-electron chi connectivity index (χ2n) is 18.7. The summed E-state index contributed by atoms with van der Waals surface area (Å²) in [6, 6.07) is 132. The molecule has 0 fully saturated rings. The Labute approximate surface area is 480 Å². The zero-order valence-corrected chi connectivity index (χ0v) is 49.5. The van der Waals surface area contributed by atoms with Gasteiger partial charge in [-0.05, 0) is 0 Å². The van der Waals surface area contributed by atoms with Crippen molar-refractivity contribution >= 4 is 105 Å². The Hall–Kier alpha value is -6.87. The van der Waals surface area contributed by atoms with Gasteiger partial charge >= 0.3 is 484 Å². The maximum absolute atomic E-state index is 4.85. The van der Waals surface area contributed by atoms with Crippen LogP contribution >= 0.6 is 41.2 Å². The molecular formula is C72H63Cl2P3Ru. The summed E-state index contributed by atoms with van der Waals surface area (Å²) in [5.41, 5.74) is 0. The zero-order valence-electron chi connectivity index (χ0n) is 43.3. The molecule has 0 saturated heterocycles. The van der Waals surface area contributed by atoms with Crippen LogP contribution in [0.2, 0.25) is 0 Å². The van der Waals surface area contributed by atoms with Gasteiger partial charge in [0.05, 0.1) is 0 Å². The Balaban J connectivity index is 0.000000139. The van der Waals surface area contributed by atoms with E-state index < -0.39 is 21.8 Å². The van der Waals surface area contributed by atoms with E-state index in [4.69, 9.17) is 19.4 Å². The summed E-state index contributed by atoms with van der Waals surface area (Å²) in [5, 5.41) is 17.0. The predicted molar refractivity (Wildman–Crippen MR) is 350 cm³/mol. The molecule has 12 aromatic carbocycles. The van der Waals surface area contributed by atoms with Crippen molar-refractivity contribution in [1.82, 2.24) is 0 Å². The van der Waals surface area contributed by atoms with Crippen LogP contribution in [0, 0.1) is 0 Å². The summed E-state index contributed by atoms with van der Waals surface area (Å²) in [6.45, 7) is 0. The molecule has 6 heteroatoms. The summed E-state index contributed by atoms with van der Waals surface area (Å²) in [5.74, 6) is 0. The van der Waals surface area contributed by atoms with Crippen LogP contribution in [0.25, 0.3) is 0 Å². The molecule has 0 radical (unpaired) electrons. The molecular weight excluding hydrogens is 1130 g/mol. The molecule has 0 amide bonds. The van der Waals surface area contributed by atoms with Gasteiger partial charge in [-0.15, -0.1) is 0 Å². The second kappa shape index (κ2) is 28.7. The summed E-state index contributed by atoms with van der Waals surface area (Å²) >= 11 is -0.346. The normalized spacial score (nSPS) is 11.7. The van der Waals surface area contributed by atoms with Crippen molar-refractivity contribution < 1.29 is 15.1 Å². The molecule has 0 bridgehead atoms. The minimum atomic E-state index is -2.30. The molecule has 0 N–H and O–H groups in total. The van der Waals surface area contributed by atoms with Gasteiger partial charge < -0.3 is 0 Å². The van der Waals surface area contributed by atoms with Crippen LogP contribution in [0.4, 0.5) is 0 Å². The van der Waals surface area contributed by atoms with E-state index in [1.807, 2.05) is 0 Å². The van der Waals surface area contributed by atoms with Crippen LogP contribution in [0.15, 0.2) is 364 Å². The van der Waals surface area contributed by atoms with Crippen molar-refractivity contribution in [2.75, 3.05) is 0 Å². The van der Waals surface area contributed by atoms with Crippen LogP contribution in [-0.2, 0) is 15.1 Å². The van der Waals surface area contributed by atoms with Crippen molar-refractivity contribution in [1.29, 1.82) is 0 Å². The second-order valence-corrected chi connectivity index (χ2v) is 32.8. The minimum absolute atomic E-state index is 0.346. The molecule has 0 aliphatic carbocycles. The fourth-order valence-corrected chi connectivity index (χ4v) is 25.6. The van der Waals surface area contributed by atoms with Gasteiger partial charge in [0, 0.05) is 0 Å². The van der Waals surface area contributed by atoms with Gasteiger partial charge in [0.1, 0.15) is 0 Å². The first kappa shape index (κ1) is 55.9. The van der Waals surface area contributed by atoms with Crippen LogP contribution in [0.3, 0.4) is 0 Å². The quantitative estimate of drug-likeness (QED) is 0.0845. The fraction of sp³-hybridized carbons (Fsp3) is 0. The maximum atomic E-state index is 4.85. The molecule has 12 aromatic rings. The Morgan fingerprint density at radius 2 is 0.205 bits per heavy atom. The Bertz CT molecular complexity index is 2680. The van der Waals surface area contributed by atoms with E-state index in [1.54, 1.807) is 0 Å². The summed E-state index contributed by atoms with van der Waals surface area (Å²) < 4.78 is 0. The fourth-order valence-electron chi connectivity index (χ4n) is 11.3. The van der Waals surface area contributed by atoms with E-state index in [9.17, 15) is 0 Å². The molecule has 0 aliphatic heterocycles. The van der Waals surface area contributed by atoms with E-state index in [1.165, 1.54) is 63.7 Å². The number of benzene rings is 12. The van der Waals surface area contributed by atoms with Gasteiger partial charge in [0.2, 0.25) is 0 Å². The molecule has 12 rings (SSSR count). The SMILES string of the molecule is [Cl][Ru][Cl].c1ccc([PH](c2ccccc2)(c2ccccc2)c2ccccc2)cc1.c1ccc([PH](c2ccccc2)(c2ccccc2)c2ccccc2)cc1.c1ccc([PH](c2ccccc2)(c2ccccc2)c2ccccc2)cc1. The number of halogens is 2. The molecule has 0 saturated carbocycles. The summed E-state index contributed by atoms with van der Waals surface area (Å²) in [4.78, 5) is 0. The molecule has 0 aromatic heterocycles. The van der Waals surface area contributed by atoms with Crippen molar-refractivity contribution in [3.05, 3.63) is 364 Å². The molecule has 0 unspecified atom stereocenters. The first-order valence-electron chi connectivity index (χ1n) is 26.2. The van der Waals surface area contributed by atoms with Crippen molar-refractivity contribution in [3.63, 3.8) is 0 Å². The van der Waals surface area contributed by atoms with Gasteiger partial charge in [-0.3, -0.25) is 0 Å². The third-order valence-electron chi connectivity index (χ3n) is 14.5. The van der Waals surface area contributed by atoms with Gasteiger partial charge in [0.15, 0.2) is 0 Å². The molecule has 0 spiro atoms. The molecule has 0 atom stereocenters. The standard InChI is InChI=1S/3C24H21P.2ClH.Ru/c3*1-5-13-21(14-6-1)25(22-15-7-2-8-16-22,23-17-9-3-10-18-23)24-19-11-4-12-20-24;;;/h3*1-20,25H;2*1H;/q;;;;;+2/p-2. The van der Waals surface area contributed by atoms with Crippen molar-refractivity contribution in [3.8, 4) is 0 Å². The molecule has 0 aliphatic rings. The van der Waals surface area contributed by atoms with Crippen LogP contribution in [0.5, 0.6) is 0 Å². The van der Waals surface area contributed by atoms with E-state index in [0.29, 0.717) is 0 Å². The Morgan fingerprint density at radius 1 is 0.141 bits per heavy atom. The number of hydrogen-bond acceptors (Lipinski definition) is 0. The van der Waals surface area contributed by atoms with Gasteiger partial charge in [-0.25, -0.2) is 0 Å². The van der Waals surface area contributed by atoms with Crippen LogP contribution < -0.4 is 63.7 Å². The Kier molecular flexibility index (Phi) is 20.5. The average Bonchev–Trinajstić information content (AvgIpc) is 3.72. The van der Waals surface area contributed by atoms with E-state index in [2.05, 4.69) is 364 Å². The predicted octanol–water partition coefficient (Wildman–Crippen LogP) is 13.5. The molecule has 0 nitrogen and oxygen atoms in total. The van der Waals surface area contributed by atoms with Crippen molar-refractivity contribution in [2.45, 2.75) is 0 Å². The molecule has 78 heavy (non-hydrogen) atoms. The first-order chi connectivity index (χ1) is 38.7.